The Morgan fingerprint density at radius 1 is 0.907 bits per heavy atom. The minimum atomic E-state index is -4.25. The molecule has 3 rings (SSSR count). The van der Waals surface area contributed by atoms with Crippen LogP contribution in [0.4, 0.5) is 5.69 Å². The molecule has 0 fully saturated rings. The molecule has 0 saturated heterocycles. The van der Waals surface area contributed by atoms with Crippen molar-refractivity contribution >= 4 is 62.3 Å². The number of hydrogen-bond donors (Lipinski definition) is 1. The zero-order valence-electron chi connectivity index (χ0n) is 24.7. The summed E-state index contributed by atoms with van der Waals surface area (Å²) in [5.74, 6) is -0.594. The van der Waals surface area contributed by atoms with Crippen molar-refractivity contribution in [3.05, 3.63) is 86.9 Å². The molecule has 43 heavy (non-hydrogen) atoms. The van der Waals surface area contributed by atoms with E-state index in [1.165, 1.54) is 42.3 Å². The molecule has 2 atom stereocenters. The molecule has 0 heterocycles. The number of carbonyl (C=O) groups excluding carboxylic acids is 2. The van der Waals surface area contributed by atoms with Crippen LogP contribution in [0.25, 0.3) is 0 Å². The van der Waals surface area contributed by atoms with E-state index in [9.17, 15) is 18.0 Å². The van der Waals surface area contributed by atoms with Crippen molar-refractivity contribution in [1.29, 1.82) is 0 Å². The van der Waals surface area contributed by atoms with Crippen molar-refractivity contribution in [1.82, 2.24) is 10.2 Å². The quantitative estimate of drug-likeness (QED) is 0.214. The zero-order valence-corrected chi connectivity index (χ0v) is 27.8. The average molecular weight is 669 g/mol. The van der Waals surface area contributed by atoms with Crippen LogP contribution in [-0.2, 0) is 26.2 Å². The average Bonchev–Trinajstić information content (AvgIpc) is 2.97. The molecule has 0 aromatic heterocycles. The standard InChI is InChI=1S/C31H36Cl3N3O5S/c1-6-21(4)35-31(39)28(7-2)36(18-22-10-14-25(32)26(33)16-22)30(38)19-37(23-11-15-29(42-5)27(34)17-23)43(40,41)24-12-8-20(3)9-13-24/h8-17,21,28H,6-7,18-19H2,1-5H3,(H,35,39). The molecule has 0 aliphatic heterocycles. The first-order valence-corrected chi connectivity index (χ1v) is 16.4. The van der Waals surface area contributed by atoms with Gasteiger partial charge in [0.15, 0.2) is 0 Å². The number of benzene rings is 3. The molecule has 232 valence electrons. The smallest absolute Gasteiger partial charge is 0.264 e. The largest absolute Gasteiger partial charge is 0.495 e. The Bertz CT molecular complexity index is 1550. The first-order valence-electron chi connectivity index (χ1n) is 13.8. The number of hydrogen-bond acceptors (Lipinski definition) is 5. The fourth-order valence-electron chi connectivity index (χ4n) is 4.37. The summed E-state index contributed by atoms with van der Waals surface area (Å²) in [6, 6.07) is 14.7. The number of anilines is 1. The van der Waals surface area contributed by atoms with Gasteiger partial charge in [-0.25, -0.2) is 8.42 Å². The van der Waals surface area contributed by atoms with Crippen LogP contribution < -0.4 is 14.4 Å². The number of rotatable bonds is 13. The van der Waals surface area contributed by atoms with E-state index >= 15 is 0 Å². The Balaban J connectivity index is 2.11. The van der Waals surface area contributed by atoms with Gasteiger partial charge in [0.2, 0.25) is 11.8 Å². The second-order valence-corrected chi connectivity index (χ2v) is 13.2. The van der Waals surface area contributed by atoms with Crippen LogP contribution in [0.1, 0.15) is 44.7 Å². The molecule has 0 aliphatic carbocycles. The second-order valence-electron chi connectivity index (χ2n) is 10.2. The number of nitrogens with one attached hydrogen (secondary N) is 1. The van der Waals surface area contributed by atoms with E-state index in [0.717, 1.165) is 9.87 Å². The second kappa shape index (κ2) is 15.1. The van der Waals surface area contributed by atoms with Gasteiger partial charge in [-0.05, 0) is 74.7 Å². The summed E-state index contributed by atoms with van der Waals surface area (Å²) in [6.45, 7) is 6.84. The van der Waals surface area contributed by atoms with E-state index in [4.69, 9.17) is 39.5 Å². The van der Waals surface area contributed by atoms with Gasteiger partial charge in [-0.3, -0.25) is 13.9 Å². The number of ether oxygens (including phenoxy) is 1. The molecule has 1 N–H and O–H groups in total. The maximum absolute atomic E-state index is 14.2. The Morgan fingerprint density at radius 2 is 1.58 bits per heavy atom. The highest BCUT2D eigenvalue weighted by molar-refractivity contribution is 7.92. The summed E-state index contributed by atoms with van der Waals surface area (Å²) in [6.07, 6.45) is 0.984. The number of aryl methyl sites for hydroxylation is 1. The molecule has 0 aliphatic rings. The predicted molar refractivity (Wildman–Crippen MR) is 173 cm³/mol. The van der Waals surface area contributed by atoms with E-state index in [1.807, 2.05) is 20.8 Å². The lowest BCUT2D eigenvalue weighted by Crippen LogP contribution is -2.53. The number of methoxy groups -OCH3 is 1. The highest BCUT2D eigenvalue weighted by atomic mass is 35.5. The van der Waals surface area contributed by atoms with Gasteiger partial charge in [0.25, 0.3) is 10.0 Å². The summed E-state index contributed by atoms with van der Waals surface area (Å²) in [5.41, 5.74) is 1.66. The van der Waals surface area contributed by atoms with E-state index in [2.05, 4.69) is 5.32 Å². The van der Waals surface area contributed by atoms with Crippen molar-refractivity contribution in [3.63, 3.8) is 0 Å². The lowest BCUT2D eigenvalue weighted by atomic mass is 10.1. The number of sulfonamides is 1. The number of amides is 2. The molecule has 3 aromatic rings. The molecule has 3 aromatic carbocycles. The van der Waals surface area contributed by atoms with Gasteiger partial charge >= 0.3 is 0 Å². The summed E-state index contributed by atoms with van der Waals surface area (Å²) in [7, 11) is -2.80. The van der Waals surface area contributed by atoms with Crippen LogP contribution in [0.2, 0.25) is 15.1 Å². The van der Waals surface area contributed by atoms with Crippen LogP contribution in [0.5, 0.6) is 5.75 Å². The summed E-state index contributed by atoms with van der Waals surface area (Å²) in [5, 5.41) is 3.75. The van der Waals surface area contributed by atoms with Gasteiger partial charge in [-0.15, -0.1) is 0 Å². The molecular formula is C31H36Cl3N3O5S. The van der Waals surface area contributed by atoms with Crippen LogP contribution in [0.15, 0.2) is 65.6 Å². The Morgan fingerprint density at radius 3 is 2.14 bits per heavy atom. The highest BCUT2D eigenvalue weighted by Gasteiger charge is 2.34. The molecule has 0 radical (unpaired) electrons. The van der Waals surface area contributed by atoms with Crippen molar-refractivity contribution in [2.24, 2.45) is 0 Å². The first kappa shape index (κ1) is 34.5. The minimum absolute atomic E-state index is 0.00423. The van der Waals surface area contributed by atoms with Gasteiger partial charge in [-0.2, -0.15) is 0 Å². The van der Waals surface area contributed by atoms with Gasteiger partial charge in [0, 0.05) is 12.6 Å². The van der Waals surface area contributed by atoms with E-state index < -0.39 is 28.5 Å². The fraction of sp³-hybridized carbons (Fsp3) is 0.355. The molecule has 0 bridgehead atoms. The fourth-order valence-corrected chi connectivity index (χ4v) is 6.35. The van der Waals surface area contributed by atoms with Gasteiger partial charge < -0.3 is 15.0 Å². The number of carbonyl (C=O) groups is 2. The van der Waals surface area contributed by atoms with E-state index in [0.29, 0.717) is 27.8 Å². The van der Waals surface area contributed by atoms with Crippen molar-refractivity contribution in [2.45, 2.75) is 64.1 Å². The Labute approximate surface area is 268 Å². The molecule has 12 heteroatoms. The minimum Gasteiger partial charge on any atom is -0.495 e. The number of nitrogens with zero attached hydrogens (tertiary/aromatic N) is 2. The topological polar surface area (TPSA) is 96.0 Å². The molecule has 2 amide bonds. The molecule has 0 spiro atoms. The van der Waals surface area contributed by atoms with Crippen LogP contribution >= 0.6 is 34.8 Å². The van der Waals surface area contributed by atoms with Crippen LogP contribution in [0.3, 0.4) is 0 Å². The van der Waals surface area contributed by atoms with Crippen molar-refractivity contribution < 1.29 is 22.7 Å². The highest BCUT2D eigenvalue weighted by Crippen LogP contribution is 2.32. The third-order valence-electron chi connectivity index (χ3n) is 7.04. The van der Waals surface area contributed by atoms with Crippen molar-refractivity contribution in [3.8, 4) is 5.75 Å². The monoisotopic (exact) mass is 667 g/mol. The van der Waals surface area contributed by atoms with Gasteiger partial charge in [-0.1, -0.05) is 72.4 Å². The van der Waals surface area contributed by atoms with Gasteiger partial charge in [0.05, 0.1) is 32.8 Å². The lowest BCUT2D eigenvalue weighted by Gasteiger charge is -2.34. The molecular weight excluding hydrogens is 633 g/mol. The number of halogens is 3. The Hall–Kier alpha value is -2.98. The summed E-state index contributed by atoms with van der Waals surface area (Å²) < 4.78 is 34.3. The maximum Gasteiger partial charge on any atom is 0.264 e. The summed E-state index contributed by atoms with van der Waals surface area (Å²) >= 11 is 18.8. The third kappa shape index (κ3) is 8.56. The van der Waals surface area contributed by atoms with E-state index in [1.54, 1.807) is 37.3 Å². The molecule has 2 unspecified atom stereocenters. The van der Waals surface area contributed by atoms with Crippen LogP contribution in [0, 0.1) is 6.92 Å². The van der Waals surface area contributed by atoms with Crippen molar-refractivity contribution in [2.75, 3.05) is 18.0 Å². The SMILES string of the molecule is CCC(C)NC(=O)C(CC)N(Cc1ccc(Cl)c(Cl)c1)C(=O)CN(c1ccc(OC)c(Cl)c1)S(=O)(=O)c1ccc(C)cc1. The first-order chi connectivity index (χ1) is 20.3. The molecule has 0 saturated carbocycles. The maximum atomic E-state index is 14.2. The van der Waals surface area contributed by atoms with Crippen LogP contribution in [-0.4, -0.2) is 50.9 Å². The normalized spacial score (nSPS) is 12.7. The summed E-state index contributed by atoms with van der Waals surface area (Å²) in [4.78, 5) is 29.0. The van der Waals surface area contributed by atoms with Gasteiger partial charge in [0.1, 0.15) is 18.3 Å². The Kier molecular flexibility index (Phi) is 12.2. The molecule has 8 nitrogen and oxygen atoms in total. The third-order valence-corrected chi connectivity index (χ3v) is 9.86. The predicted octanol–water partition coefficient (Wildman–Crippen LogP) is 6.88. The van der Waals surface area contributed by atoms with E-state index in [-0.39, 0.29) is 40.5 Å². The lowest BCUT2D eigenvalue weighted by molar-refractivity contribution is -0.140. The zero-order chi connectivity index (χ0) is 31.9.